The summed E-state index contributed by atoms with van der Waals surface area (Å²) in [5.74, 6) is 0.0146. The first-order chi connectivity index (χ1) is 16.0. The summed E-state index contributed by atoms with van der Waals surface area (Å²) in [7, 11) is 1.23. The van der Waals surface area contributed by atoms with Gasteiger partial charge in [0.25, 0.3) is 0 Å². The number of aromatic nitrogens is 3. The normalized spacial score (nSPS) is 19.6. The average Bonchev–Trinajstić information content (AvgIpc) is 3.28. The lowest BCUT2D eigenvalue weighted by Gasteiger charge is -2.32. The van der Waals surface area contributed by atoms with Crippen LogP contribution in [0.4, 0.5) is 8.78 Å². The highest BCUT2D eigenvalue weighted by molar-refractivity contribution is 5.94. The van der Waals surface area contributed by atoms with Gasteiger partial charge in [-0.1, -0.05) is 6.92 Å². The van der Waals surface area contributed by atoms with Gasteiger partial charge in [-0.3, -0.25) is 4.98 Å². The first kappa shape index (κ1) is 21.5. The van der Waals surface area contributed by atoms with Gasteiger partial charge in [0, 0.05) is 17.5 Å². The number of hydrogen-bond donors (Lipinski definition) is 1. The molecule has 0 amide bonds. The van der Waals surface area contributed by atoms with E-state index in [1.165, 1.54) is 19.2 Å². The maximum Gasteiger partial charge on any atom is 0.340 e. The largest absolute Gasteiger partial charge is 0.465 e. The van der Waals surface area contributed by atoms with E-state index in [1.54, 1.807) is 24.4 Å². The van der Waals surface area contributed by atoms with Crippen LogP contribution in [0.25, 0.3) is 21.9 Å². The van der Waals surface area contributed by atoms with Crippen molar-refractivity contribution in [2.75, 3.05) is 7.11 Å². The molecule has 7 heteroatoms. The van der Waals surface area contributed by atoms with Gasteiger partial charge in [-0.25, -0.2) is 18.6 Å². The molecule has 0 aliphatic heterocycles. The molecule has 1 aliphatic rings. The van der Waals surface area contributed by atoms with E-state index in [-0.39, 0.29) is 22.8 Å². The molecule has 33 heavy (non-hydrogen) atoms. The third kappa shape index (κ3) is 3.86. The minimum absolute atomic E-state index is 0.102. The summed E-state index contributed by atoms with van der Waals surface area (Å²) in [5.41, 5.74) is 2.61. The molecule has 0 unspecified atom stereocenters. The molecule has 1 N–H and O–H groups in total. The Kier molecular flexibility index (Phi) is 5.56. The van der Waals surface area contributed by atoms with E-state index in [0.717, 1.165) is 48.0 Å². The van der Waals surface area contributed by atoms with Crippen LogP contribution >= 0.6 is 0 Å². The maximum atomic E-state index is 14.8. The Balaban J connectivity index is 1.34. The molecule has 1 fully saturated rings. The zero-order valence-electron chi connectivity index (χ0n) is 18.6. The van der Waals surface area contributed by atoms with E-state index < -0.39 is 11.8 Å². The van der Waals surface area contributed by atoms with Crippen LogP contribution in [0.1, 0.15) is 66.2 Å². The molecule has 1 aliphatic carbocycles. The number of halogens is 2. The predicted octanol–water partition coefficient (Wildman–Crippen LogP) is 6.25. The van der Waals surface area contributed by atoms with Crippen molar-refractivity contribution >= 4 is 27.9 Å². The molecule has 0 bridgehead atoms. The smallest absolute Gasteiger partial charge is 0.340 e. The third-order valence-electron chi connectivity index (χ3n) is 7.11. The molecular weight excluding hydrogens is 424 g/mol. The Hall–Kier alpha value is -3.35. The number of methoxy groups -OCH3 is 1. The van der Waals surface area contributed by atoms with Crippen LogP contribution in [-0.4, -0.2) is 28.0 Å². The number of carbonyl (C=O) groups is 1. The standard InChI is InChI=1S/C26H25F2N3O2/c1-14(25-30-22-10-8-19(26(32)33-2)23(28)24(22)31-25)15-3-5-16(6-4-15)18-11-12-29-21-9-7-17(27)13-20(18)21/h7-16H,3-6H2,1-2H3,(H,30,31)/t14-,15-,16+/m1/s1. The predicted molar refractivity (Wildman–Crippen MR) is 122 cm³/mol. The van der Waals surface area contributed by atoms with Crippen molar-refractivity contribution in [3.8, 4) is 0 Å². The fourth-order valence-corrected chi connectivity index (χ4v) is 5.20. The molecule has 5 nitrogen and oxygen atoms in total. The zero-order chi connectivity index (χ0) is 23.1. The minimum atomic E-state index is -0.708. The molecule has 1 saturated carbocycles. The number of ether oxygens (including phenoxy) is 1. The van der Waals surface area contributed by atoms with Gasteiger partial charge in [0.2, 0.25) is 0 Å². The number of rotatable bonds is 4. The summed E-state index contributed by atoms with van der Waals surface area (Å²) in [6, 6.07) is 9.82. The number of aromatic amines is 1. The number of pyridine rings is 1. The topological polar surface area (TPSA) is 67.9 Å². The summed E-state index contributed by atoms with van der Waals surface area (Å²) in [4.78, 5) is 23.9. The van der Waals surface area contributed by atoms with E-state index in [0.29, 0.717) is 17.4 Å². The molecule has 5 rings (SSSR count). The van der Waals surface area contributed by atoms with Crippen molar-refractivity contribution in [3.63, 3.8) is 0 Å². The van der Waals surface area contributed by atoms with Crippen molar-refractivity contribution in [1.82, 2.24) is 15.0 Å². The number of hydrogen-bond acceptors (Lipinski definition) is 4. The van der Waals surface area contributed by atoms with E-state index in [2.05, 4.69) is 26.6 Å². The summed E-state index contributed by atoms with van der Waals surface area (Å²) in [6.45, 7) is 2.11. The molecule has 0 radical (unpaired) electrons. The van der Waals surface area contributed by atoms with Gasteiger partial charge in [-0.2, -0.15) is 0 Å². The van der Waals surface area contributed by atoms with Gasteiger partial charge in [0.15, 0.2) is 5.82 Å². The first-order valence-corrected chi connectivity index (χ1v) is 11.3. The van der Waals surface area contributed by atoms with Crippen LogP contribution in [-0.2, 0) is 4.74 Å². The van der Waals surface area contributed by atoms with Crippen molar-refractivity contribution < 1.29 is 18.3 Å². The lowest BCUT2D eigenvalue weighted by Crippen LogP contribution is -2.19. The molecule has 0 spiro atoms. The first-order valence-electron chi connectivity index (χ1n) is 11.3. The van der Waals surface area contributed by atoms with Crippen molar-refractivity contribution in [2.24, 2.45) is 5.92 Å². The third-order valence-corrected chi connectivity index (χ3v) is 7.11. The molecule has 170 valence electrons. The summed E-state index contributed by atoms with van der Waals surface area (Å²) < 4.78 is 33.3. The number of nitrogens with zero attached hydrogens (tertiary/aromatic N) is 2. The number of benzene rings is 2. The number of carbonyl (C=O) groups excluding carboxylic acids is 1. The van der Waals surface area contributed by atoms with Crippen LogP contribution in [0.5, 0.6) is 0 Å². The summed E-state index contributed by atoms with van der Waals surface area (Å²) in [5, 5.41) is 0.892. The molecule has 4 aromatic rings. The average molecular weight is 450 g/mol. The Morgan fingerprint density at radius 1 is 1.09 bits per heavy atom. The second-order valence-electron chi connectivity index (χ2n) is 8.90. The van der Waals surface area contributed by atoms with Gasteiger partial charge in [-0.15, -0.1) is 0 Å². The van der Waals surface area contributed by atoms with Gasteiger partial charge < -0.3 is 9.72 Å². The molecule has 2 aromatic carbocycles. The number of H-pyrrole nitrogens is 1. The highest BCUT2D eigenvalue weighted by atomic mass is 19.1. The van der Waals surface area contributed by atoms with E-state index >= 15 is 0 Å². The molecular formula is C26H25F2N3O2. The van der Waals surface area contributed by atoms with Gasteiger partial charge in [0.05, 0.1) is 23.7 Å². The summed E-state index contributed by atoms with van der Waals surface area (Å²) in [6.07, 6.45) is 5.78. The molecule has 2 heterocycles. The Morgan fingerprint density at radius 2 is 1.85 bits per heavy atom. The van der Waals surface area contributed by atoms with E-state index in [9.17, 15) is 13.6 Å². The lowest BCUT2D eigenvalue weighted by atomic mass is 9.73. The number of esters is 1. The van der Waals surface area contributed by atoms with Crippen molar-refractivity contribution in [2.45, 2.75) is 44.4 Å². The minimum Gasteiger partial charge on any atom is -0.465 e. The van der Waals surface area contributed by atoms with Crippen LogP contribution < -0.4 is 0 Å². The number of fused-ring (bicyclic) bond motifs is 2. The zero-order valence-corrected chi connectivity index (χ0v) is 18.6. The van der Waals surface area contributed by atoms with Crippen LogP contribution in [0.15, 0.2) is 42.6 Å². The Bertz CT molecular complexity index is 1340. The lowest BCUT2D eigenvalue weighted by molar-refractivity contribution is 0.0596. The maximum absolute atomic E-state index is 14.8. The number of nitrogens with one attached hydrogen (secondary N) is 1. The van der Waals surface area contributed by atoms with Gasteiger partial charge in [0.1, 0.15) is 17.2 Å². The second kappa shape index (κ2) is 8.54. The van der Waals surface area contributed by atoms with E-state index in [4.69, 9.17) is 0 Å². The highest BCUT2D eigenvalue weighted by Gasteiger charge is 2.30. The second-order valence-corrected chi connectivity index (χ2v) is 8.90. The fraction of sp³-hybridized carbons (Fsp3) is 0.346. The number of imidazole rings is 1. The van der Waals surface area contributed by atoms with Crippen molar-refractivity contribution in [1.29, 1.82) is 0 Å². The van der Waals surface area contributed by atoms with Crippen LogP contribution in [0.3, 0.4) is 0 Å². The highest BCUT2D eigenvalue weighted by Crippen LogP contribution is 2.43. The van der Waals surface area contributed by atoms with E-state index in [1.807, 2.05) is 6.07 Å². The summed E-state index contributed by atoms with van der Waals surface area (Å²) >= 11 is 0. The van der Waals surface area contributed by atoms with Gasteiger partial charge >= 0.3 is 5.97 Å². The fourth-order valence-electron chi connectivity index (χ4n) is 5.20. The monoisotopic (exact) mass is 449 g/mol. The molecule has 2 aromatic heterocycles. The Labute approximate surface area is 190 Å². The Morgan fingerprint density at radius 3 is 2.61 bits per heavy atom. The SMILES string of the molecule is COC(=O)c1ccc2nc([C@H](C)[C@H]3CC[C@@H](c4ccnc5ccc(F)cc54)CC3)[nH]c2c1F. The molecule has 0 saturated heterocycles. The molecule has 1 atom stereocenters. The van der Waals surface area contributed by atoms with Crippen LogP contribution in [0.2, 0.25) is 0 Å². The van der Waals surface area contributed by atoms with Gasteiger partial charge in [-0.05, 0) is 79.5 Å². The van der Waals surface area contributed by atoms with Crippen molar-refractivity contribution in [3.05, 3.63) is 71.2 Å². The van der Waals surface area contributed by atoms with Crippen LogP contribution in [0, 0.1) is 17.6 Å². The quantitative estimate of drug-likeness (QED) is 0.374.